The maximum Gasteiger partial charge on any atom is 0.196 e. The molecule has 0 fully saturated rings. The summed E-state index contributed by atoms with van der Waals surface area (Å²) in [5.41, 5.74) is 7.56. The van der Waals surface area contributed by atoms with Crippen LogP contribution in [0.3, 0.4) is 0 Å². The molecular weight excluding hydrogens is 514 g/mol. The lowest BCUT2D eigenvalue weighted by Crippen LogP contribution is -2.11. The smallest absolute Gasteiger partial charge is 0.196 e. The number of ketones is 1. The van der Waals surface area contributed by atoms with Gasteiger partial charge in [0.1, 0.15) is 29.0 Å². The number of carbonyl (C=O) groups excluding carboxylic acids is 1. The molecule has 39 heavy (non-hydrogen) atoms. The first-order chi connectivity index (χ1) is 18.9. The molecule has 0 saturated carbocycles. The van der Waals surface area contributed by atoms with Crippen LogP contribution in [0.4, 0.5) is 0 Å². The molecule has 4 rings (SSSR count). The fourth-order valence-electron chi connectivity index (χ4n) is 3.80. The fourth-order valence-corrected chi connectivity index (χ4v) is 4.64. The molecule has 0 saturated heterocycles. The van der Waals surface area contributed by atoms with E-state index in [0.29, 0.717) is 34.7 Å². The molecule has 0 unspecified atom stereocenters. The molecule has 3 aromatic carbocycles. The zero-order valence-corrected chi connectivity index (χ0v) is 22.6. The van der Waals surface area contributed by atoms with Crippen molar-refractivity contribution < 1.29 is 19.0 Å². The van der Waals surface area contributed by atoms with Gasteiger partial charge in [-0.3, -0.25) is 9.36 Å². The molecule has 0 amide bonds. The van der Waals surface area contributed by atoms with Gasteiger partial charge in [0.2, 0.25) is 0 Å². The summed E-state index contributed by atoms with van der Waals surface area (Å²) in [6.07, 6.45) is 0.440. The van der Waals surface area contributed by atoms with Crippen LogP contribution in [0, 0.1) is 11.3 Å². The van der Waals surface area contributed by atoms with E-state index in [1.165, 1.54) is 18.7 Å². The average Bonchev–Trinajstić information content (AvgIpc) is 3.35. The molecule has 0 radical (unpaired) electrons. The van der Waals surface area contributed by atoms with Crippen molar-refractivity contribution >= 4 is 17.5 Å². The van der Waals surface area contributed by atoms with Crippen molar-refractivity contribution in [3.8, 4) is 34.8 Å². The number of methoxy groups -OCH3 is 2. The Bertz CT molecular complexity index is 1520. The van der Waals surface area contributed by atoms with E-state index in [0.717, 1.165) is 17.0 Å². The topological polar surface area (TPSA) is 125 Å². The van der Waals surface area contributed by atoms with Crippen LogP contribution in [0.2, 0.25) is 0 Å². The second-order valence-corrected chi connectivity index (χ2v) is 9.33. The van der Waals surface area contributed by atoms with Crippen molar-refractivity contribution in [3.63, 3.8) is 0 Å². The second-order valence-electron chi connectivity index (χ2n) is 8.39. The van der Waals surface area contributed by atoms with E-state index in [1.54, 1.807) is 14.2 Å². The minimum atomic E-state index is -0.370. The number of thioether (sulfide) groups is 1. The quantitative estimate of drug-likeness (QED) is 0.157. The molecule has 0 aliphatic heterocycles. The van der Waals surface area contributed by atoms with Crippen LogP contribution in [0.1, 0.15) is 18.3 Å². The highest BCUT2D eigenvalue weighted by atomic mass is 32.2. The highest BCUT2D eigenvalue weighted by Gasteiger charge is 2.19. The Morgan fingerprint density at radius 1 is 0.974 bits per heavy atom. The summed E-state index contributed by atoms with van der Waals surface area (Å²) >= 11 is 1.19. The van der Waals surface area contributed by atoms with E-state index in [9.17, 15) is 10.1 Å². The Kier molecular flexibility index (Phi) is 8.86. The summed E-state index contributed by atoms with van der Waals surface area (Å²) in [7, 11) is 3.17. The zero-order valence-electron chi connectivity index (χ0n) is 21.7. The molecule has 198 valence electrons. The summed E-state index contributed by atoms with van der Waals surface area (Å²) in [6.45, 7) is 1.53. The summed E-state index contributed by atoms with van der Waals surface area (Å²) < 4.78 is 18.6. The van der Waals surface area contributed by atoms with Gasteiger partial charge in [-0.15, -0.1) is 10.2 Å². The molecule has 0 aliphatic rings. The number of allylic oxidation sites excluding steroid dienone is 2. The van der Waals surface area contributed by atoms with Crippen molar-refractivity contribution in [3.05, 3.63) is 95.5 Å². The largest absolute Gasteiger partial charge is 0.493 e. The fraction of sp³-hybridized carbons (Fsp3) is 0.172. The molecule has 0 bridgehead atoms. The van der Waals surface area contributed by atoms with E-state index < -0.39 is 0 Å². The molecule has 9 nitrogen and oxygen atoms in total. The molecule has 1 heterocycles. The lowest BCUT2D eigenvalue weighted by atomic mass is 10.1. The monoisotopic (exact) mass is 541 g/mol. The molecule has 1 aromatic heterocycles. The average molecular weight is 542 g/mol. The predicted octanol–water partition coefficient (Wildman–Crippen LogP) is 5.09. The van der Waals surface area contributed by atoms with Gasteiger partial charge in [0.15, 0.2) is 22.4 Å². The first-order valence-corrected chi connectivity index (χ1v) is 12.9. The van der Waals surface area contributed by atoms with Crippen molar-refractivity contribution in [2.75, 3.05) is 20.0 Å². The van der Waals surface area contributed by atoms with E-state index in [4.69, 9.17) is 19.9 Å². The number of benzene rings is 3. The minimum absolute atomic E-state index is 0.0128. The van der Waals surface area contributed by atoms with Gasteiger partial charge < -0.3 is 19.9 Å². The van der Waals surface area contributed by atoms with Gasteiger partial charge in [-0.2, -0.15) is 5.26 Å². The van der Waals surface area contributed by atoms with Crippen LogP contribution in [-0.4, -0.2) is 40.5 Å². The number of ether oxygens (including phenoxy) is 3. The van der Waals surface area contributed by atoms with E-state index in [1.807, 2.05) is 83.4 Å². The van der Waals surface area contributed by atoms with Crippen molar-refractivity contribution in [2.45, 2.75) is 18.5 Å². The Hall–Kier alpha value is -4.75. The number of rotatable bonds is 11. The number of para-hydroxylation sites is 1. The molecule has 0 atom stereocenters. The molecule has 0 aliphatic carbocycles. The third-order valence-electron chi connectivity index (χ3n) is 5.70. The molecule has 0 spiro atoms. The summed E-state index contributed by atoms with van der Waals surface area (Å²) in [6, 6.07) is 24.6. The normalized spacial score (nSPS) is 11.3. The van der Waals surface area contributed by atoms with Crippen LogP contribution < -0.4 is 19.9 Å². The Morgan fingerprint density at radius 2 is 1.67 bits per heavy atom. The number of aromatic nitrogens is 3. The van der Waals surface area contributed by atoms with Crippen LogP contribution in [0.25, 0.3) is 5.69 Å². The number of nitrogens with two attached hydrogens (primary N) is 1. The first-order valence-electron chi connectivity index (χ1n) is 11.9. The predicted molar refractivity (Wildman–Crippen MR) is 148 cm³/mol. The SMILES string of the molecule is COc1ccc(Cc2nnc(SCC(=O)/C(C#N)=C(/C)N)n2-c2ccc(Oc3ccccc3)cc2)cc1OC. The lowest BCUT2D eigenvalue weighted by Gasteiger charge is -2.13. The standard InChI is InChI=1S/C29H27N5O4S/c1-19(31)24(17-30)25(35)18-39-29-33-32-28(16-20-9-14-26(36-2)27(15-20)37-3)34(29)21-10-12-23(13-11-21)38-22-7-5-4-6-8-22/h4-15H,16,18,31H2,1-3H3/b24-19-. The maximum atomic E-state index is 12.6. The van der Waals surface area contributed by atoms with Crippen LogP contribution in [0.15, 0.2) is 89.2 Å². The molecule has 4 aromatic rings. The van der Waals surface area contributed by atoms with Gasteiger partial charge in [-0.1, -0.05) is 36.0 Å². The first kappa shape index (κ1) is 27.3. The number of hydrogen-bond acceptors (Lipinski definition) is 9. The minimum Gasteiger partial charge on any atom is -0.493 e. The zero-order chi connectivity index (χ0) is 27.8. The van der Waals surface area contributed by atoms with Crippen LogP contribution in [0.5, 0.6) is 23.0 Å². The Labute approximate surface area is 230 Å². The van der Waals surface area contributed by atoms with Gasteiger partial charge in [0.25, 0.3) is 0 Å². The van der Waals surface area contributed by atoms with Crippen molar-refractivity contribution in [1.82, 2.24) is 14.8 Å². The van der Waals surface area contributed by atoms with Gasteiger partial charge in [-0.25, -0.2) is 0 Å². The third-order valence-corrected chi connectivity index (χ3v) is 6.63. The van der Waals surface area contributed by atoms with E-state index >= 15 is 0 Å². The van der Waals surface area contributed by atoms with Gasteiger partial charge >= 0.3 is 0 Å². The third kappa shape index (κ3) is 6.58. The van der Waals surface area contributed by atoms with Crippen molar-refractivity contribution in [2.24, 2.45) is 5.73 Å². The highest BCUT2D eigenvalue weighted by molar-refractivity contribution is 7.99. The summed E-state index contributed by atoms with van der Waals surface area (Å²) in [5.74, 6) is 2.91. The molecular formula is C29H27N5O4S. The molecule has 10 heteroatoms. The number of Topliss-reactive ketones (excluding diaryl/α,β-unsaturated/α-hetero) is 1. The number of nitriles is 1. The Morgan fingerprint density at radius 3 is 2.31 bits per heavy atom. The molecule has 2 N–H and O–H groups in total. The van der Waals surface area contributed by atoms with Crippen LogP contribution >= 0.6 is 11.8 Å². The maximum absolute atomic E-state index is 12.6. The van der Waals surface area contributed by atoms with E-state index in [2.05, 4.69) is 10.2 Å². The number of nitrogens with zero attached hydrogens (tertiary/aromatic N) is 4. The van der Waals surface area contributed by atoms with Crippen molar-refractivity contribution in [1.29, 1.82) is 5.26 Å². The van der Waals surface area contributed by atoms with Gasteiger partial charge in [0, 0.05) is 17.8 Å². The summed E-state index contributed by atoms with van der Waals surface area (Å²) in [5, 5.41) is 18.6. The van der Waals surface area contributed by atoms with Gasteiger partial charge in [0.05, 0.1) is 20.0 Å². The van der Waals surface area contributed by atoms with Crippen LogP contribution in [-0.2, 0) is 11.2 Å². The van der Waals surface area contributed by atoms with E-state index in [-0.39, 0.29) is 22.8 Å². The Balaban J connectivity index is 1.66. The summed E-state index contributed by atoms with van der Waals surface area (Å²) in [4.78, 5) is 12.6. The lowest BCUT2D eigenvalue weighted by molar-refractivity contribution is -0.112. The number of carbonyl (C=O) groups is 1. The van der Waals surface area contributed by atoms with Gasteiger partial charge in [-0.05, 0) is 61.0 Å². The second kappa shape index (κ2) is 12.7. The highest BCUT2D eigenvalue weighted by Crippen LogP contribution is 2.30. The number of hydrogen-bond donors (Lipinski definition) is 1.